The van der Waals surface area contributed by atoms with Crippen LogP contribution in [0.3, 0.4) is 0 Å². The van der Waals surface area contributed by atoms with Gasteiger partial charge in [0.1, 0.15) is 11.5 Å². The van der Waals surface area contributed by atoms with Crippen molar-refractivity contribution in [3.63, 3.8) is 0 Å². The molecule has 1 aliphatic rings. The molecule has 0 atom stereocenters. The lowest BCUT2D eigenvalue weighted by Gasteiger charge is -2.21. The van der Waals surface area contributed by atoms with Crippen molar-refractivity contribution in [3.8, 4) is 11.5 Å². The third-order valence-electron chi connectivity index (χ3n) is 2.86. The van der Waals surface area contributed by atoms with Gasteiger partial charge in [-0.05, 0) is 40.5 Å². The molecule has 1 aliphatic heterocycles. The van der Waals surface area contributed by atoms with Gasteiger partial charge in [0, 0.05) is 12.0 Å². The summed E-state index contributed by atoms with van der Waals surface area (Å²) in [5, 5.41) is 0. The van der Waals surface area contributed by atoms with Gasteiger partial charge in [0.05, 0.1) is 4.47 Å². The third-order valence-corrected chi connectivity index (χ3v) is 3.48. The molecule has 0 fully saturated rings. The standard InChI is InChI=1S/C14H11BrO/c1-9-5-6-13-11(7-9)8-10-3-2-4-12(15)14(10)16-13/h2-7H,8H2,1H3. The Bertz CT molecular complexity index is 561. The fraction of sp³-hybridized carbons (Fsp3) is 0.143. The van der Waals surface area contributed by atoms with Crippen LogP contribution in [0.4, 0.5) is 0 Å². The minimum atomic E-state index is 0.950. The van der Waals surface area contributed by atoms with E-state index in [0.29, 0.717) is 0 Å². The molecule has 80 valence electrons. The molecule has 0 aliphatic carbocycles. The van der Waals surface area contributed by atoms with Crippen LogP contribution >= 0.6 is 15.9 Å². The number of benzene rings is 2. The van der Waals surface area contributed by atoms with Crippen LogP contribution in [-0.4, -0.2) is 0 Å². The van der Waals surface area contributed by atoms with Gasteiger partial charge in [-0.3, -0.25) is 0 Å². The van der Waals surface area contributed by atoms with Gasteiger partial charge < -0.3 is 4.74 Å². The summed E-state index contributed by atoms with van der Waals surface area (Å²) in [6, 6.07) is 12.5. The van der Waals surface area contributed by atoms with Gasteiger partial charge in [0.2, 0.25) is 0 Å². The zero-order valence-electron chi connectivity index (χ0n) is 8.96. The first-order chi connectivity index (χ1) is 7.74. The maximum Gasteiger partial charge on any atom is 0.145 e. The van der Waals surface area contributed by atoms with Crippen molar-refractivity contribution in [3.05, 3.63) is 57.6 Å². The van der Waals surface area contributed by atoms with E-state index in [4.69, 9.17) is 4.74 Å². The van der Waals surface area contributed by atoms with Crippen molar-refractivity contribution in [2.24, 2.45) is 0 Å². The molecule has 1 heterocycles. The number of halogens is 1. The first-order valence-electron chi connectivity index (χ1n) is 5.29. The lowest BCUT2D eigenvalue weighted by atomic mass is 9.99. The molecular formula is C14H11BrO. The van der Waals surface area contributed by atoms with Gasteiger partial charge in [-0.25, -0.2) is 0 Å². The van der Waals surface area contributed by atoms with Crippen LogP contribution in [0, 0.1) is 6.92 Å². The van der Waals surface area contributed by atoms with Crippen molar-refractivity contribution >= 4 is 15.9 Å². The molecule has 0 N–H and O–H groups in total. The zero-order valence-corrected chi connectivity index (χ0v) is 10.5. The number of rotatable bonds is 0. The molecule has 0 amide bonds. The predicted octanol–water partition coefficient (Wildman–Crippen LogP) is 4.45. The van der Waals surface area contributed by atoms with Crippen LogP contribution in [-0.2, 0) is 6.42 Å². The Morgan fingerprint density at radius 1 is 1.12 bits per heavy atom. The maximum atomic E-state index is 5.92. The largest absolute Gasteiger partial charge is 0.456 e. The van der Waals surface area contributed by atoms with Crippen LogP contribution in [0.1, 0.15) is 16.7 Å². The fourth-order valence-electron chi connectivity index (χ4n) is 2.07. The molecule has 2 aromatic rings. The van der Waals surface area contributed by atoms with Gasteiger partial charge in [-0.2, -0.15) is 0 Å². The molecule has 0 bridgehead atoms. The van der Waals surface area contributed by atoms with E-state index in [2.05, 4.69) is 41.1 Å². The van der Waals surface area contributed by atoms with Gasteiger partial charge in [0.25, 0.3) is 0 Å². The maximum absolute atomic E-state index is 5.92. The molecule has 0 unspecified atom stereocenters. The van der Waals surface area contributed by atoms with Crippen LogP contribution < -0.4 is 4.74 Å². The summed E-state index contributed by atoms with van der Waals surface area (Å²) >= 11 is 3.52. The minimum Gasteiger partial charge on any atom is -0.456 e. The second-order valence-electron chi connectivity index (χ2n) is 4.12. The summed E-state index contributed by atoms with van der Waals surface area (Å²) in [6.45, 7) is 2.11. The lowest BCUT2D eigenvalue weighted by molar-refractivity contribution is 0.457. The molecular weight excluding hydrogens is 264 g/mol. The monoisotopic (exact) mass is 274 g/mol. The average molecular weight is 275 g/mol. The molecule has 1 nitrogen and oxygen atoms in total. The molecule has 0 saturated heterocycles. The van der Waals surface area contributed by atoms with Crippen LogP contribution in [0.5, 0.6) is 11.5 Å². The van der Waals surface area contributed by atoms with E-state index >= 15 is 0 Å². The van der Waals surface area contributed by atoms with E-state index in [1.54, 1.807) is 0 Å². The van der Waals surface area contributed by atoms with E-state index in [1.165, 1.54) is 16.7 Å². The van der Waals surface area contributed by atoms with E-state index in [-0.39, 0.29) is 0 Å². The number of fused-ring (bicyclic) bond motifs is 2. The Balaban J connectivity index is 2.13. The molecule has 3 rings (SSSR count). The Morgan fingerprint density at radius 3 is 2.88 bits per heavy atom. The summed E-state index contributed by atoms with van der Waals surface area (Å²) in [5.74, 6) is 1.93. The molecule has 2 heteroatoms. The number of hydrogen-bond acceptors (Lipinski definition) is 1. The van der Waals surface area contributed by atoms with Crippen LogP contribution in [0.15, 0.2) is 40.9 Å². The normalized spacial score (nSPS) is 12.6. The summed E-state index contributed by atoms with van der Waals surface area (Å²) in [7, 11) is 0. The first-order valence-corrected chi connectivity index (χ1v) is 6.08. The van der Waals surface area contributed by atoms with E-state index in [0.717, 1.165) is 22.4 Å². The molecule has 2 aromatic carbocycles. The van der Waals surface area contributed by atoms with Crippen molar-refractivity contribution in [2.45, 2.75) is 13.3 Å². The van der Waals surface area contributed by atoms with E-state index in [9.17, 15) is 0 Å². The van der Waals surface area contributed by atoms with Crippen molar-refractivity contribution in [1.82, 2.24) is 0 Å². The quantitative estimate of drug-likeness (QED) is 0.588. The van der Waals surface area contributed by atoms with Gasteiger partial charge >= 0.3 is 0 Å². The molecule has 16 heavy (non-hydrogen) atoms. The van der Waals surface area contributed by atoms with Crippen LogP contribution in [0.25, 0.3) is 0 Å². The van der Waals surface area contributed by atoms with Crippen molar-refractivity contribution < 1.29 is 4.74 Å². The summed E-state index contributed by atoms with van der Waals surface area (Å²) in [6.07, 6.45) is 0.950. The summed E-state index contributed by atoms with van der Waals surface area (Å²) in [5.41, 5.74) is 3.79. The van der Waals surface area contributed by atoms with Gasteiger partial charge in [0.15, 0.2) is 0 Å². The van der Waals surface area contributed by atoms with E-state index in [1.807, 2.05) is 18.2 Å². The molecule has 0 saturated carbocycles. The van der Waals surface area contributed by atoms with Crippen molar-refractivity contribution in [1.29, 1.82) is 0 Å². The second kappa shape index (κ2) is 3.63. The number of hydrogen-bond donors (Lipinski definition) is 0. The molecule has 0 spiro atoms. The highest BCUT2D eigenvalue weighted by molar-refractivity contribution is 9.10. The Hall–Kier alpha value is -1.28. The molecule has 0 radical (unpaired) electrons. The van der Waals surface area contributed by atoms with Gasteiger partial charge in [-0.15, -0.1) is 0 Å². The number of para-hydroxylation sites is 1. The molecule has 0 aromatic heterocycles. The highest BCUT2D eigenvalue weighted by Crippen LogP contribution is 2.40. The fourth-order valence-corrected chi connectivity index (χ4v) is 2.56. The topological polar surface area (TPSA) is 9.23 Å². The highest BCUT2D eigenvalue weighted by atomic mass is 79.9. The summed E-state index contributed by atoms with van der Waals surface area (Å²) < 4.78 is 6.94. The third kappa shape index (κ3) is 1.54. The number of aryl methyl sites for hydroxylation is 1. The first kappa shape index (κ1) is 9.91. The lowest BCUT2D eigenvalue weighted by Crippen LogP contribution is -2.03. The number of ether oxygens (including phenoxy) is 1. The summed E-state index contributed by atoms with van der Waals surface area (Å²) in [4.78, 5) is 0. The smallest absolute Gasteiger partial charge is 0.145 e. The Labute approximate surface area is 103 Å². The highest BCUT2D eigenvalue weighted by Gasteiger charge is 2.18. The van der Waals surface area contributed by atoms with Gasteiger partial charge in [-0.1, -0.05) is 29.8 Å². The zero-order chi connectivity index (χ0) is 11.1. The Kier molecular flexibility index (Phi) is 2.25. The SMILES string of the molecule is Cc1ccc2c(c1)Cc1cccc(Br)c1O2. The second-order valence-corrected chi connectivity index (χ2v) is 4.97. The van der Waals surface area contributed by atoms with Crippen molar-refractivity contribution in [2.75, 3.05) is 0 Å². The van der Waals surface area contributed by atoms with Crippen LogP contribution in [0.2, 0.25) is 0 Å². The van der Waals surface area contributed by atoms with E-state index < -0.39 is 0 Å². The predicted molar refractivity (Wildman–Crippen MR) is 68.2 cm³/mol. The minimum absolute atomic E-state index is 0.950. The average Bonchev–Trinajstić information content (AvgIpc) is 2.27. The Morgan fingerprint density at radius 2 is 2.00 bits per heavy atom.